The Hall–Kier alpha value is -0.820. The number of nitrogens with one attached hydrogen (secondary N) is 1. The molecule has 1 rings (SSSR count). The smallest absolute Gasteiger partial charge is 0.00432 e. The molecule has 0 aromatic heterocycles. The van der Waals surface area contributed by atoms with Crippen molar-refractivity contribution < 1.29 is 0 Å². The van der Waals surface area contributed by atoms with Gasteiger partial charge in [0.05, 0.1) is 0 Å². The topological polar surface area (TPSA) is 12.0 Å². The Bertz CT molecular complexity index is 242. The van der Waals surface area contributed by atoms with Gasteiger partial charge >= 0.3 is 0 Å². The Balaban J connectivity index is 2.53. The molecule has 0 unspecified atom stereocenters. The molecule has 78 valence electrons. The van der Waals surface area contributed by atoms with E-state index < -0.39 is 0 Å². The highest BCUT2D eigenvalue weighted by molar-refractivity contribution is 5.23. The normalized spacial score (nSPS) is 21.0. The fourth-order valence-electron chi connectivity index (χ4n) is 1.74. The van der Waals surface area contributed by atoms with Crippen LogP contribution in [0.25, 0.3) is 0 Å². The summed E-state index contributed by atoms with van der Waals surface area (Å²) in [5.74, 6) is 0.783. The van der Waals surface area contributed by atoms with Crippen LogP contribution in [0, 0.1) is 5.92 Å². The summed E-state index contributed by atoms with van der Waals surface area (Å²) in [5.41, 5.74) is 2.74. The Labute approximate surface area is 87.6 Å². The molecule has 14 heavy (non-hydrogen) atoms. The molecule has 1 fully saturated rings. The molecule has 0 aliphatic carbocycles. The first-order valence-electron chi connectivity index (χ1n) is 5.42. The first kappa shape index (κ1) is 11.3. The van der Waals surface area contributed by atoms with Crippen LogP contribution in [0.5, 0.6) is 0 Å². The summed E-state index contributed by atoms with van der Waals surface area (Å²) in [6, 6.07) is 0. The van der Waals surface area contributed by atoms with Gasteiger partial charge in [-0.2, -0.15) is 0 Å². The molecule has 0 bridgehead atoms. The van der Waals surface area contributed by atoms with Crippen LogP contribution in [0.15, 0.2) is 36.0 Å². The Kier molecular flexibility index (Phi) is 4.68. The second kappa shape index (κ2) is 5.82. The van der Waals surface area contributed by atoms with E-state index in [-0.39, 0.29) is 0 Å². The second-order valence-electron chi connectivity index (χ2n) is 4.05. The predicted molar refractivity (Wildman–Crippen MR) is 63.3 cm³/mol. The minimum absolute atomic E-state index is 0.783. The van der Waals surface area contributed by atoms with Gasteiger partial charge in [-0.15, -0.1) is 0 Å². The molecule has 0 radical (unpaired) electrons. The first-order chi connectivity index (χ1) is 6.74. The van der Waals surface area contributed by atoms with Crippen molar-refractivity contribution in [1.29, 1.82) is 0 Å². The molecular weight excluding hydrogens is 170 g/mol. The lowest BCUT2D eigenvalue weighted by molar-refractivity contribution is 0.420. The van der Waals surface area contributed by atoms with Gasteiger partial charge in [0.15, 0.2) is 0 Å². The molecule has 1 aliphatic heterocycles. The molecule has 0 atom stereocenters. The third kappa shape index (κ3) is 3.51. The van der Waals surface area contributed by atoms with Crippen molar-refractivity contribution >= 4 is 0 Å². The van der Waals surface area contributed by atoms with E-state index in [0.29, 0.717) is 0 Å². The van der Waals surface area contributed by atoms with Crippen LogP contribution in [0.4, 0.5) is 0 Å². The molecule has 1 heterocycles. The summed E-state index contributed by atoms with van der Waals surface area (Å²) in [4.78, 5) is 0. The Morgan fingerprint density at radius 3 is 2.43 bits per heavy atom. The highest BCUT2D eigenvalue weighted by atomic mass is 14.9. The Morgan fingerprint density at radius 1 is 1.21 bits per heavy atom. The SMILES string of the molecule is C=C/C(C)=C\C=C(/C)C1CCNCC1. The molecule has 1 saturated heterocycles. The summed E-state index contributed by atoms with van der Waals surface area (Å²) < 4.78 is 0. The van der Waals surface area contributed by atoms with Gasteiger partial charge < -0.3 is 5.32 Å². The highest BCUT2D eigenvalue weighted by Gasteiger charge is 2.13. The van der Waals surface area contributed by atoms with Crippen LogP contribution in [0.2, 0.25) is 0 Å². The number of hydrogen-bond donors (Lipinski definition) is 1. The highest BCUT2D eigenvalue weighted by Crippen LogP contribution is 2.20. The van der Waals surface area contributed by atoms with E-state index in [1.807, 2.05) is 6.08 Å². The van der Waals surface area contributed by atoms with E-state index in [2.05, 4.69) is 37.9 Å². The zero-order valence-electron chi connectivity index (χ0n) is 9.34. The van der Waals surface area contributed by atoms with Gasteiger partial charge in [-0.1, -0.05) is 36.0 Å². The van der Waals surface area contributed by atoms with Crippen molar-refractivity contribution in [2.24, 2.45) is 5.92 Å². The number of allylic oxidation sites excluding steroid dienone is 5. The average Bonchev–Trinajstić information content (AvgIpc) is 2.26. The maximum absolute atomic E-state index is 3.74. The summed E-state index contributed by atoms with van der Waals surface area (Å²) in [6.45, 7) is 10.4. The minimum Gasteiger partial charge on any atom is -0.317 e. The first-order valence-corrected chi connectivity index (χ1v) is 5.42. The van der Waals surface area contributed by atoms with Crippen LogP contribution in [0.3, 0.4) is 0 Å². The van der Waals surface area contributed by atoms with Gasteiger partial charge in [-0.3, -0.25) is 0 Å². The van der Waals surface area contributed by atoms with E-state index in [1.165, 1.54) is 37.1 Å². The van der Waals surface area contributed by atoms with Crippen molar-refractivity contribution in [3.63, 3.8) is 0 Å². The molecule has 0 aromatic rings. The van der Waals surface area contributed by atoms with Crippen molar-refractivity contribution in [3.8, 4) is 0 Å². The van der Waals surface area contributed by atoms with Crippen LogP contribution in [0.1, 0.15) is 26.7 Å². The van der Waals surface area contributed by atoms with Crippen LogP contribution in [-0.2, 0) is 0 Å². The van der Waals surface area contributed by atoms with E-state index in [9.17, 15) is 0 Å². The predicted octanol–water partition coefficient (Wildman–Crippen LogP) is 3.06. The Morgan fingerprint density at radius 2 is 1.86 bits per heavy atom. The largest absolute Gasteiger partial charge is 0.317 e. The zero-order valence-corrected chi connectivity index (χ0v) is 9.34. The van der Waals surface area contributed by atoms with Crippen LogP contribution < -0.4 is 5.32 Å². The number of piperidine rings is 1. The van der Waals surface area contributed by atoms with E-state index in [0.717, 1.165) is 5.92 Å². The summed E-state index contributed by atoms with van der Waals surface area (Å²) in [6.07, 6.45) is 8.86. The molecule has 0 spiro atoms. The number of rotatable bonds is 3. The van der Waals surface area contributed by atoms with E-state index in [4.69, 9.17) is 0 Å². The monoisotopic (exact) mass is 191 g/mol. The zero-order chi connectivity index (χ0) is 10.4. The van der Waals surface area contributed by atoms with Crippen molar-refractivity contribution in [3.05, 3.63) is 36.0 Å². The molecular formula is C13H21N. The maximum atomic E-state index is 3.74. The quantitative estimate of drug-likeness (QED) is 0.676. The van der Waals surface area contributed by atoms with Gasteiger partial charge in [0.2, 0.25) is 0 Å². The lowest BCUT2D eigenvalue weighted by Crippen LogP contribution is -2.28. The standard InChI is InChI=1S/C13H21N/c1-4-11(2)5-6-12(3)13-7-9-14-10-8-13/h4-6,13-14H,1,7-10H2,2-3H3/b11-5-,12-6+. The summed E-state index contributed by atoms with van der Waals surface area (Å²) in [5, 5.41) is 3.39. The van der Waals surface area contributed by atoms with Crippen LogP contribution >= 0.6 is 0 Å². The minimum atomic E-state index is 0.783. The third-order valence-electron chi connectivity index (χ3n) is 2.91. The molecule has 0 aromatic carbocycles. The van der Waals surface area contributed by atoms with Crippen molar-refractivity contribution in [1.82, 2.24) is 5.32 Å². The third-order valence-corrected chi connectivity index (χ3v) is 2.91. The summed E-state index contributed by atoms with van der Waals surface area (Å²) >= 11 is 0. The van der Waals surface area contributed by atoms with Gasteiger partial charge in [-0.25, -0.2) is 0 Å². The van der Waals surface area contributed by atoms with Gasteiger partial charge in [0.1, 0.15) is 0 Å². The molecule has 1 N–H and O–H groups in total. The molecule has 0 amide bonds. The van der Waals surface area contributed by atoms with E-state index >= 15 is 0 Å². The molecule has 0 saturated carbocycles. The number of hydrogen-bond acceptors (Lipinski definition) is 1. The molecule has 1 nitrogen and oxygen atoms in total. The molecule has 1 heteroatoms. The second-order valence-corrected chi connectivity index (χ2v) is 4.05. The van der Waals surface area contributed by atoms with Crippen LogP contribution in [-0.4, -0.2) is 13.1 Å². The maximum Gasteiger partial charge on any atom is -0.00432 e. The van der Waals surface area contributed by atoms with Gasteiger partial charge in [-0.05, 0) is 45.7 Å². The lowest BCUT2D eigenvalue weighted by Gasteiger charge is -2.23. The van der Waals surface area contributed by atoms with Gasteiger partial charge in [0, 0.05) is 0 Å². The molecule has 1 aliphatic rings. The van der Waals surface area contributed by atoms with E-state index in [1.54, 1.807) is 0 Å². The van der Waals surface area contributed by atoms with Crippen molar-refractivity contribution in [2.75, 3.05) is 13.1 Å². The summed E-state index contributed by atoms with van der Waals surface area (Å²) in [7, 11) is 0. The fourth-order valence-corrected chi connectivity index (χ4v) is 1.74. The van der Waals surface area contributed by atoms with Crippen molar-refractivity contribution in [2.45, 2.75) is 26.7 Å². The lowest BCUT2D eigenvalue weighted by atomic mass is 9.90. The fraction of sp³-hybridized carbons (Fsp3) is 0.538. The van der Waals surface area contributed by atoms with Gasteiger partial charge in [0.25, 0.3) is 0 Å². The average molecular weight is 191 g/mol.